The van der Waals surface area contributed by atoms with Gasteiger partial charge in [-0.3, -0.25) is 7.05 Å². The van der Waals surface area contributed by atoms with E-state index in [9.17, 15) is 0 Å². The van der Waals surface area contributed by atoms with Crippen molar-refractivity contribution in [1.29, 1.82) is 0 Å². The largest absolute Gasteiger partial charge is 2.00 e. The van der Waals surface area contributed by atoms with E-state index in [1.165, 1.54) is 0 Å². The molecule has 0 spiro atoms. The summed E-state index contributed by atoms with van der Waals surface area (Å²) < 4.78 is 0. The smallest absolute Gasteiger partial charge is 0.487 e. The Morgan fingerprint density at radius 3 is 1.83 bits per heavy atom. The number of hydrogen-bond donors (Lipinski definition) is 0. The van der Waals surface area contributed by atoms with Crippen molar-refractivity contribution >= 4 is 0 Å². The van der Waals surface area contributed by atoms with Gasteiger partial charge in [-0.25, -0.2) is 0 Å². The Balaban J connectivity index is 0. The first-order chi connectivity index (χ1) is 2.27. The van der Waals surface area contributed by atoms with Crippen LogP contribution in [-0.4, -0.2) is 18.5 Å². The van der Waals surface area contributed by atoms with Crippen LogP contribution in [0.4, 0.5) is 0 Å². The van der Waals surface area contributed by atoms with Crippen LogP contribution in [-0.2, 0) is 21.1 Å². The fourth-order valence-electron chi connectivity index (χ4n) is 0. The molecular formula is C4H9NW. The zero-order chi connectivity index (χ0) is 4.28. The summed E-state index contributed by atoms with van der Waals surface area (Å²) >= 11 is 0. The van der Waals surface area contributed by atoms with Crippen LogP contribution < -0.4 is 0 Å². The van der Waals surface area contributed by atoms with E-state index in [1.807, 2.05) is 7.05 Å². The van der Waals surface area contributed by atoms with Crippen LogP contribution in [0.3, 0.4) is 0 Å². The molecule has 2 heteroatoms. The number of rotatable bonds is 1. The Morgan fingerprint density at radius 2 is 1.83 bits per heavy atom. The summed E-state index contributed by atoms with van der Waals surface area (Å²) in [6.07, 6.45) is 0. The van der Waals surface area contributed by atoms with Gasteiger partial charge >= 0.3 is 21.1 Å². The maximum absolute atomic E-state index is 3.55. The van der Waals surface area contributed by atoms with Crippen LogP contribution in [0.5, 0.6) is 0 Å². The van der Waals surface area contributed by atoms with Crippen LogP contribution in [0.25, 0.3) is 0 Å². The van der Waals surface area contributed by atoms with Crippen molar-refractivity contribution in [2.75, 3.05) is 13.6 Å². The van der Waals surface area contributed by atoms with Crippen molar-refractivity contribution in [2.24, 2.45) is 0 Å². The van der Waals surface area contributed by atoms with Gasteiger partial charge in [-0.2, -0.15) is 6.54 Å². The molecule has 0 radical (unpaired) electrons. The molecule has 0 atom stereocenters. The molecule has 0 N–H and O–H groups in total. The molecule has 0 aromatic carbocycles. The zero-order valence-corrected chi connectivity index (χ0v) is 6.91. The Hall–Kier alpha value is 0.648. The van der Waals surface area contributed by atoms with E-state index in [-0.39, 0.29) is 21.1 Å². The topological polar surface area (TPSA) is 3.24 Å². The average molecular weight is 255 g/mol. The second-order valence-electron chi connectivity index (χ2n) is 1.08. The minimum absolute atomic E-state index is 0. The van der Waals surface area contributed by atoms with E-state index >= 15 is 0 Å². The first-order valence-corrected chi connectivity index (χ1v) is 1.58. The molecule has 0 aromatic rings. The predicted molar refractivity (Wildman–Crippen MR) is 23.3 cm³/mol. The van der Waals surface area contributed by atoms with Crippen LogP contribution in [0.1, 0.15) is 0 Å². The van der Waals surface area contributed by atoms with Crippen LogP contribution in [0.15, 0.2) is 0 Å². The molecule has 0 bridgehead atoms. The molecule has 6 heavy (non-hydrogen) atoms. The summed E-state index contributed by atoms with van der Waals surface area (Å²) in [5.41, 5.74) is 0. The Kier molecular flexibility index (Phi) is 9.24. The van der Waals surface area contributed by atoms with E-state index < -0.39 is 0 Å². The molecule has 0 heterocycles. The van der Waals surface area contributed by atoms with E-state index in [1.54, 1.807) is 4.90 Å². The minimum Gasteiger partial charge on any atom is -0.487 e. The van der Waals surface area contributed by atoms with Crippen molar-refractivity contribution in [1.82, 2.24) is 4.90 Å². The second-order valence-corrected chi connectivity index (χ2v) is 1.08. The van der Waals surface area contributed by atoms with E-state index in [2.05, 4.69) is 14.0 Å². The Morgan fingerprint density at radius 1 is 1.67 bits per heavy atom. The van der Waals surface area contributed by atoms with Crippen molar-refractivity contribution in [3.63, 3.8) is 0 Å². The molecule has 0 aliphatic heterocycles. The van der Waals surface area contributed by atoms with Gasteiger partial charge in [0.05, 0.1) is 0 Å². The summed E-state index contributed by atoms with van der Waals surface area (Å²) in [4.78, 5) is 1.76. The maximum Gasteiger partial charge on any atom is 2.00 e. The molecule has 0 unspecified atom stereocenters. The zero-order valence-electron chi connectivity index (χ0n) is 3.98. The fourth-order valence-corrected chi connectivity index (χ4v) is 0. The van der Waals surface area contributed by atoms with Gasteiger partial charge in [-0.1, -0.05) is 0 Å². The SMILES string of the molecule is [CH2-]CN([CH2-])C.[W+2]. The third-order valence-electron chi connectivity index (χ3n) is 0.382. The van der Waals surface area contributed by atoms with E-state index in [0.29, 0.717) is 0 Å². The van der Waals surface area contributed by atoms with Gasteiger partial charge in [0.25, 0.3) is 0 Å². The molecule has 0 aliphatic rings. The Labute approximate surface area is 54.0 Å². The minimum atomic E-state index is 0. The van der Waals surface area contributed by atoms with Crippen LogP contribution >= 0.6 is 0 Å². The summed E-state index contributed by atoms with van der Waals surface area (Å²) in [7, 11) is 5.41. The monoisotopic (exact) mass is 255 g/mol. The Bertz CT molecular complexity index is 21.5. The molecule has 0 aromatic heterocycles. The fraction of sp³-hybridized carbons (Fsp3) is 0.500. The molecular weight excluding hydrogens is 246 g/mol. The van der Waals surface area contributed by atoms with Crippen molar-refractivity contribution < 1.29 is 21.1 Å². The van der Waals surface area contributed by atoms with Gasteiger partial charge in [-0.15, -0.1) is 0 Å². The van der Waals surface area contributed by atoms with Crippen molar-refractivity contribution in [2.45, 2.75) is 0 Å². The second kappa shape index (κ2) is 5.65. The van der Waals surface area contributed by atoms with Gasteiger partial charge < -0.3 is 11.8 Å². The van der Waals surface area contributed by atoms with E-state index in [4.69, 9.17) is 0 Å². The molecule has 0 fully saturated rings. The first kappa shape index (κ1) is 9.82. The van der Waals surface area contributed by atoms with Gasteiger partial charge in [-0.05, 0) is 7.05 Å². The summed E-state index contributed by atoms with van der Waals surface area (Å²) in [5.74, 6) is 0. The first-order valence-electron chi connectivity index (χ1n) is 1.58. The van der Waals surface area contributed by atoms with Crippen LogP contribution in [0.2, 0.25) is 0 Å². The van der Waals surface area contributed by atoms with Crippen molar-refractivity contribution in [3.8, 4) is 0 Å². The number of hydrogen-bond acceptors (Lipinski definition) is 1. The van der Waals surface area contributed by atoms with Gasteiger partial charge in [0, 0.05) is 0 Å². The molecule has 0 rings (SSSR count). The molecule has 0 saturated carbocycles. The molecule has 1 nitrogen and oxygen atoms in total. The summed E-state index contributed by atoms with van der Waals surface area (Å²) in [5, 5.41) is 0. The number of nitrogens with zero attached hydrogens (tertiary/aromatic N) is 1. The average Bonchev–Trinajstić information content (AvgIpc) is 1.38. The van der Waals surface area contributed by atoms with Gasteiger partial charge in [0.2, 0.25) is 0 Å². The van der Waals surface area contributed by atoms with Gasteiger partial charge in [0.1, 0.15) is 0 Å². The van der Waals surface area contributed by atoms with E-state index in [0.717, 1.165) is 6.54 Å². The van der Waals surface area contributed by atoms with Crippen molar-refractivity contribution in [3.05, 3.63) is 14.0 Å². The summed E-state index contributed by atoms with van der Waals surface area (Å²) in [6, 6.07) is 0. The third-order valence-corrected chi connectivity index (χ3v) is 0.382. The summed E-state index contributed by atoms with van der Waals surface area (Å²) in [6.45, 7) is 4.33. The third kappa shape index (κ3) is 8.82. The normalized spacial score (nSPS) is 8.00. The molecule has 0 saturated heterocycles. The predicted octanol–water partition coefficient (Wildman–Crippen LogP) is 0.541. The van der Waals surface area contributed by atoms with Crippen LogP contribution in [0, 0.1) is 14.0 Å². The van der Waals surface area contributed by atoms with Gasteiger partial charge in [0.15, 0.2) is 0 Å². The molecule has 0 aliphatic carbocycles. The molecule has 36 valence electrons. The quantitative estimate of drug-likeness (QED) is 0.618. The molecule has 0 amide bonds. The standard InChI is InChI=1S/C4H9N.W/c1-4-5(2)3;/h1-2,4H2,3H3;/q-2;+2. The maximum atomic E-state index is 3.55.